The van der Waals surface area contributed by atoms with E-state index in [1.54, 1.807) is 49.4 Å². The molecule has 0 aliphatic heterocycles. The van der Waals surface area contributed by atoms with Crippen molar-refractivity contribution in [3.05, 3.63) is 58.6 Å². The summed E-state index contributed by atoms with van der Waals surface area (Å²) in [6.45, 7) is 4.30. The van der Waals surface area contributed by atoms with Gasteiger partial charge in [0.2, 0.25) is 15.9 Å². The van der Waals surface area contributed by atoms with Crippen molar-refractivity contribution in [3.63, 3.8) is 0 Å². The number of esters is 1. The molecule has 0 heterocycles. The number of nitrogens with zero attached hydrogens (tertiary/aromatic N) is 1. The zero-order valence-corrected chi connectivity index (χ0v) is 20.1. The highest BCUT2D eigenvalue weighted by atomic mass is 35.5. The Bertz CT molecular complexity index is 1040. The van der Waals surface area contributed by atoms with Gasteiger partial charge < -0.3 is 10.1 Å². The largest absolute Gasteiger partial charge is 0.462 e. The number of hydrogen-bond donors (Lipinski definition) is 1. The third-order valence-corrected chi connectivity index (χ3v) is 6.40. The van der Waals surface area contributed by atoms with Gasteiger partial charge in [-0.2, -0.15) is 0 Å². The van der Waals surface area contributed by atoms with Gasteiger partial charge in [0.25, 0.3) is 0 Å². The number of halogens is 1. The van der Waals surface area contributed by atoms with Crippen LogP contribution in [0.5, 0.6) is 0 Å². The van der Waals surface area contributed by atoms with Gasteiger partial charge in [0, 0.05) is 23.7 Å². The maximum Gasteiger partial charge on any atom is 0.338 e. The third kappa shape index (κ3) is 7.53. The van der Waals surface area contributed by atoms with Gasteiger partial charge in [-0.1, -0.05) is 31.0 Å². The molecule has 9 heteroatoms. The number of sulfonamides is 1. The van der Waals surface area contributed by atoms with Gasteiger partial charge >= 0.3 is 5.97 Å². The fourth-order valence-corrected chi connectivity index (χ4v) is 4.21. The standard InChI is InChI=1S/C23H29ClN2O5S/c1-4-5-16-31-23(28)18-11-13-19(14-12-18)25-22(27)10-7-15-26(32(3,29)30)21-9-6-8-20(24)17(21)2/h6,8-9,11-14H,4-5,7,10,15-16H2,1-3H3,(H,25,27). The summed E-state index contributed by atoms with van der Waals surface area (Å²) in [5.41, 5.74) is 2.13. The van der Waals surface area contributed by atoms with Crippen LogP contribution in [0.4, 0.5) is 11.4 Å². The van der Waals surface area contributed by atoms with E-state index in [9.17, 15) is 18.0 Å². The van der Waals surface area contributed by atoms with E-state index in [2.05, 4.69) is 5.32 Å². The Kier molecular flexibility index (Phi) is 9.53. The van der Waals surface area contributed by atoms with Gasteiger partial charge in [-0.3, -0.25) is 9.10 Å². The van der Waals surface area contributed by atoms with E-state index in [4.69, 9.17) is 16.3 Å². The lowest BCUT2D eigenvalue weighted by atomic mass is 10.2. The maximum atomic E-state index is 12.3. The molecule has 0 spiro atoms. The van der Waals surface area contributed by atoms with Crippen LogP contribution in [0.1, 0.15) is 48.5 Å². The molecule has 2 rings (SSSR count). The summed E-state index contributed by atoms with van der Waals surface area (Å²) < 4.78 is 31.0. The number of hydrogen-bond acceptors (Lipinski definition) is 5. The van der Waals surface area contributed by atoms with E-state index in [1.165, 1.54) is 4.31 Å². The molecule has 174 valence electrons. The molecule has 2 aromatic rings. The lowest BCUT2D eigenvalue weighted by Gasteiger charge is -2.24. The van der Waals surface area contributed by atoms with Crippen LogP contribution >= 0.6 is 11.6 Å². The van der Waals surface area contributed by atoms with Crippen LogP contribution < -0.4 is 9.62 Å². The second kappa shape index (κ2) is 11.9. The van der Waals surface area contributed by atoms with E-state index in [-0.39, 0.29) is 18.9 Å². The van der Waals surface area contributed by atoms with Crippen molar-refractivity contribution in [1.82, 2.24) is 0 Å². The Hall–Kier alpha value is -2.58. The monoisotopic (exact) mass is 480 g/mol. The minimum atomic E-state index is -3.54. The van der Waals surface area contributed by atoms with E-state index in [0.717, 1.165) is 19.1 Å². The Morgan fingerprint density at radius 3 is 2.41 bits per heavy atom. The average Bonchev–Trinajstić information content (AvgIpc) is 2.73. The quantitative estimate of drug-likeness (QED) is 0.368. The van der Waals surface area contributed by atoms with Gasteiger partial charge in [0.05, 0.1) is 24.1 Å². The number of nitrogens with one attached hydrogen (secondary N) is 1. The number of anilines is 2. The van der Waals surface area contributed by atoms with Crippen LogP contribution in [-0.2, 0) is 19.6 Å². The van der Waals surface area contributed by atoms with E-state index in [0.29, 0.717) is 40.6 Å². The minimum Gasteiger partial charge on any atom is -0.462 e. The number of rotatable bonds is 11. The average molecular weight is 481 g/mol. The predicted octanol–water partition coefficient (Wildman–Crippen LogP) is 4.79. The number of ether oxygens (including phenoxy) is 1. The highest BCUT2D eigenvalue weighted by Crippen LogP contribution is 2.28. The van der Waals surface area contributed by atoms with E-state index in [1.807, 2.05) is 6.92 Å². The number of carbonyl (C=O) groups is 2. The maximum absolute atomic E-state index is 12.3. The Labute approximate surface area is 194 Å². The van der Waals surface area contributed by atoms with Gasteiger partial charge in [0.15, 0.2) is 0 Å². The zero-order valence-electron chi connectivity index (χ0n) is 18.6. The minimum absolute atomic E-state index is 0.131. The first-order chi connectivity index (χ1) is 15.1. The summed E-state index contributed by atoms with van der Waals surface area (Å²) >= 11 is 6.13. The Morgan fingerprint density at radius 1 is 1.09 bits per heavy atom. The molecule has 0 aliphatic carbocycles. The fraction of sp³-hybridized carbons (Fsp3) is 0.391. The molecule has 0 unspecified atom stereocenters. The molecule has 32 heavy (non-hydrogen) atoms. The molecule has 0 radical (unpaired) electrons. The molecular formula is C23H29ClN2O5S. The molecule has 0 aliphatic rings. The van der Waals surface area contributed by atoms with Gasteiger partial charge in [-0.25, -0.2) is 13.2 Å². The normalized spacial score (nSPS) is 11.1. The second-order valence-corrected chi connectivity index (χ2v) is 9.75. The van der Waals surface area contributed by atoms with Gasteiger partial charge in [-0.15, -0.1) is 0 Å². The molecule has 0 fully saturated rings. The first-order valence-electron chi connectivity index (χ1n) is 10.4. The van der Waals surface area contributed by atoms with Crippen molar-refractivity contribution >= 4 is 44.9 Å². The zero-order chi connectivity index (χ0) is 23.7. The SMILES string of the molecule is CCCCOC(=O)c1ccc(NC(=O)CCCN(c2cccc(Cl)c2C)S(C)(=O)=O)cc1. The summed E-state index contributed by atoms with van der Waals surface area (Å²) in [7, 11) is -3.54. The lowest BCUT2D eigenvalue weighted by molar-refractivity contribution is -0.116. The molecule has 0 saturated carbocycles. The molecule has 1 N–H and O–H groups in total. The van der Waals surface area contributed by atoms with Crippen molar-refractivity contribution in [2.75, 3.05) is 29.0 Å². The summed E-state index contributed by atoms with van der Waals surface area (Å²) in [5.74, 6) is -0.645. The highest BCUT2D eigenvalue weighted by Gasteiger charge is 2.20. The molecule has 7 nitrogen and oxygen atoms in total. The van der Waals surface area contributed by atoms with Crippen LogP contribution in [0.2, 0.25) is 5.02 Å². The van der Waals surface area contributed by atoms with Crippen molar-refractivity contribution in [1.29, 1.82) is 0 Å². The Balaban J connectivity index is 1.91. The summed E-state index contributed by atoms with van der Waals surface area (Å²) in [6.07, 6.45) is 3.34. The van der Waals surface area contributed by atoms with Crippen molar-refractivity contribution < 1.29 is 22.7 Å². The lowest BCUT2D eigenvalue weighted by Crippen LogP contribution is -2.32. The van der Waals surface area contributed by atoms with E-state index >= 15 is 0 Å². The molecule has 0 saturated heterocycles. The summed E-state index contributed by atoms with van der Waals surface area (Å²) in [4.78, 5) is 24.2. The number of benzene rings is 2. The number of carbonyl (C=O) groups excluding carboxylic acids is 2. The van der Waals surface area contributed by atoms with Crippen molar-refractivity contribution in [3.8, 4) is 0 Å². The smallest absolute Gasteiger partial charge is 0.338 e. The molecule has 0 aromatic heterocycles. The molecule has 1 amide bonds. The van der Waals surface area contributed by atoms with Crippen molar-refractivity contribution in [2.45, 2.75) is 39.5 Å². The van der Waals surface area contributed by atoms with Crippen molar-refractivity contribution in [2.24, 2.45) is 0 Å². The highest BCUT2D eigenvalue weighted by molar-refractivity contribution is 7.92. The van der Waals surface area contributed by atoms with Crippen LogP contribution in [0.3, 0.4) is 0 Å². The first kappa shape index (κ1) is 25.7. The van der Waals surface area contributed by atoms with Crippen LogP contribution in [-0.4, -0.2) is 39.7 Å². The second-order valence-electron chi connectivity index (χ2n) is 7.44. The molecule has 2 aromatic carbocycles. The predicted molar refractivity (Wildman–Crippen MR) is 128 cm³/mol. The van der Waals surface area contributed by atoms with Crippen LogP contribution in [0, 0.1) is 6.92 Å². The van der Waals surface area contributed by atoms with Gasteiger partial charge in [-0.05, 0) is 61.7 Å². The molecule has 0 bridgehead atoms. The summed E-state index contributed by atoms with van der Waals surface area (Å²) in [6, 6.07) is 11.5. The van der Waals surface area contributed by atoms with Crippen LogP contribution in [0.25, 0.3) is 0 Å². The first-order valence-corrected chi connectivity index (χ1v) is 12.7. The molecule has 0 atom stereocenters. The number of amides is 1. The fourth-order valence-electron chi connectivity index (χ4n) is 3.02. The van der Waals surface area contributed by atoms with Crippen LogP contribution in [0.15, 0.2) is 42.5 Å². The summed E-state index contributed by atoms with van der Waals surface area (Å²) in [5, 5.41) is 3.23. The Morgan fingerprint density at radius 2 is 1.78 bits per heavy atom. The van der Waals surface area contributed by atoms with Gasteiger partial charge in [0.1, 0.15) is 0 Å². The van der Waals surface area contributed by atoms with E-state index < -0.39 is 16.0 Å². The topological polar surface area (TPSA) is 92.8 Å². The third-order valence-electron chi connectivity index (χ3n) is 4.81. The number of unbranched alkanes of at least 4 members (excludes halogenated alkanes) is 1. The molecular weight excluding hydrogens is 452 g/mol.